The molecule has 0 aromatic heterocycles. The number of nitrogens with one attached hydrogen (secondary N) is 1. The molecule has 2 rings (SSSR count). The molecule has 18 heavy (non-hydrogen) atoms. The fourth-order valence-corrected chi connectivity index (χ4v) is 3.63. The Kier molecular flexibility index (Phi) is 4.04. The lowest BCUT2D eigenvalue weighted by atomic mass is 10.2. The van der Waals surface area contributed by atoms with Gasteiger partial charge in [-0.15, -0.1) is 0 Å². The molecule has 1 fully saturated rings. The summed E-state index contributed by atoms with van der Waals surface area (Å²) in [5, 5.41) is 0. The van der Waals surface area contributed by atoms with E-state index >= 15 is 0 Å². The molecule has 0 heterocycles. The standard InChI is InChI=1S/C13H19NO3S/c1-10-6-8-11(9-7-10)18(15,16)14-12-4-3-5-13(12)17-2/h6-9,12-14H,3-5H2,1-2H3/t12-,13-/m0/s1. The molecule has 0 amide bonds. The second kappa shape index (κ2) is 5.38. The molecule has 1 saturated carbocycles. The normalized spacial score (nSPS) is 24.3. The number of hydrogen-bond donors (Lipinski definition) is 1. The molecule has 1 aliphatic rings. The summed E-state index contributed by atoms with van der Waals surface area (Å²) in [6.07, 6.45) is 2.74. The van der Waals surface area contributed by atoms with E-state index in [9.17, 15) is 8.42 Å². The van der Waals surface area contributed by atoms with Crippen LogP contribution in [0.4, 0.5) is 0 Å². The molecule has 0 saturated heterocycles. The predicted molar refractivity (Wildman–Crippen MR) is 69.9 cm³/mol. The van der Waals surface area contributed by atoms with Crippen molar-refractivity contribution in [2.24, 2.45) is 0 Å². The van der Waals surface area contributed by atoms with E-state index in [1.165, 1.54) is 0 Å². The summed E-state index contributed by atoms with van der Waals surface area (Å²) in [7, 11) is -1.81. The van der Waals surface area contributed by atoms with Gasteiger partial charge in [-0.1, -0.05) is 17.7 Å². The number of methoxy groups -OCH3 is 1. The smallest absolute Gasteiger partial charge is 0.240 e. The van der Waals surface area contributed by atoms with Crippen LogP contribution in [-0.2, 0) is 14.8 Å². The highest BCUT2D eigenvalue weighted by atomic mass is 32.2. The Bertz CT molecular complexity index is 495. The number of aryl methyl sites for hydroxylation is 1. The molecule has 0 aliphatic heterocycles. The molecular weight excluding hydrogens is 250 g/mol. The maximum absolute atomic E-state index is 12.2. The van der Waals surface area contributed by atoms with Gasteiger partial charge in [0.05, 0.1) is 11.0 Å². The topological polar surface area (TPSA) is 55.4 Å². The van der Waals surface area contributed by atoms with Crippen molar-refractivity contribution in [2.75, 3.05) is 7.11 Å². The van der Waals surface area contributed by atoms with Crippen LogP contribution in [0.1, 0.15) is 24.8 Å². The number of hydrogen-bond acceptors (Lipinski definition) is 3. The summed E-state index contributed by atoms with van der Waals surface area (Å²) < 4.78 is 32.4. The lowest BCUT2D eigenvalue weighted by molar-refractivity contribution is 0.0916. The van der Waals surface area contributed by atoms with Gasteiger partial charge in [0.2, 0.25) is 10.0 Å². The Morgan fingerprint density at radius 3 is 2.50 bits per heavy atom. The van der Waals surface area contributed by atoms with Gasteiger partial charge in [-0.25, -0.2) is 13.1 Å². The molecule has 0 spiro atoms. The fraction of sp³-hybridized carbons (Fsp3) is 0.538. The van der Waals surface area contributed by atoms with Crippen molar-refractivity contribution in [3.8, 4) is 0 Å². The summed E-state index contributed by atoms with van der Waals surface area (Å²) in [5.74, 6) is 0. The summed E-state index contributed by atoms with van der Waals surface area (Å²) in [6, 6.07) is 6.76. The van der Waals surface area contributed by atoms with E-state index in [4.69, 9.17) is 4.74 Å². The Morgan fingerprint density at radius 1 is 1.22 bits per heavy atom. The molecule has 100 valence electrons. The zero-order chi connectivity index (χ0) is 13.2. The lowest BCUT2D eigenvalue weighted by Gasteiger charge is -2.19. The van der Waals surface area contributed by atoms with Crippen LogP contribution in [0.25, 0.3) is 0 Å². The molecule has 1 aliphatic carbocycles. The minimum absolute atomic E-state index is 0.00905. The van der Waals surface area contributed by atoms with E-state index in [-0.39, 0.29) is 12.1 Å². The van der Waals surface area contributed by atoms with Crippen LogP contribution in [0.5, 0.6) is 0 Å². The van der Waals surface area contributed by atoms with Crippen LogP contribution in [0, 0.1) is 6.92 Å². The van der Waals surface area contributed by atoms with Gasteiger partial charge in [0.1, 0.15) is 0 Å². The average Bonchev–Trinajstić information content (AvgIpc) is 2.76. The van der Waals surface area contributed by atoms with Gasteiger partial charge in [-0.2, -0.15) is 0 Å². The SMILES string of the molecule is CO[C@H]1CCC[C@@H]1NS(=O)(=O)c1ccc(C)cc1. The molecule has 0 radical (unpaired) electrons. The van der Waals surface area contributed by atoms with E-state index < -0.39 is 10.0 Å². The Morgan fingerprint density at radius 2 is 1.89 bits per heavy atom. The lowest BCUT2D eigenvalue weighted by Crippen LogP contribution is -2.40. The van der Waals surface area contributed by atoms with Crippen molar-refractivity contribution in [3.63, 3.8) is 0 Å². The van der Waals surface area contributed by atoms with Crippen molar-refractivity contribution in [1.29, 1.82) is 0 Å². The van der Waals surface area contributed by atoms with Crippen molar-refractivity contribution in [2.45, 2.75) is 43.2 Å². The first-order valence-electron chi connectivity index (χ1n) is 6.15. The molecule has 5 heteroatoms. The minimum atomic E-state index is -3.43. The molecule has 1 aromatic rings. The second-order valence-electron chi connectivity index (χ2n) is 4.75. The number of ether oxygens (including phenoxy) is 1. The van der Waals surface area contributed by atoms with Crippen LogP contribution in [0.2, 0.25) is 0 Å². The van der Waals surface area contributed by atoms with Gasteiger partial charge in [-0.3, -0.25) is 0 Å². The van der Waals surface area contributed by atoms with E-state index in [2.05, 4.69) is 4.72 Å². The van der Waals surface area contributed by atoms with Crippen molar-refractivity contribution < 1.29 is 13.2 Å². The first kappa shape index (κ1) is 13.5. The number of benzene rings is 1. The summed E-state index contributed by atoms with van der Waals surface area (Å²) in [5.41, 5.74) is 1.05. The van der Waals surface area contributed by atoms with Crippen LogP contribution in [0.15, 0.2) is 29.2 Å². The van der Waals surface area contributed by atoms with E-state index in [1.807, 2.05) is 6.92 Å². The van der Waals surface area contributed by atoms with Crippen LogP contribution < -0.4 is 4.72 Å². The molecule has 1 aromatic carbocycles. The monoisotopic (exact) mass is 269 g/mol. The van der Waals surface area contributed by atoms with E-state index in [1.54, 1.807) is 31.4 Å². The highest BCUT2D eigenvalue weighted by Gasteiger charge is 2.31. The highest BCUT2D eigenvalue weighted by molar-refractivity contribution is 7.89. The Hall–Kier alpha value is -0.910. The molecule has 1 N–H and O–H groups in total. The van der Waals surface area contributed by atoms with Gasteiger partial charge in [0.15, 0.2) is 0 Å². The van der Waals surface area contributed by atoms with E-state index in [0.717, 1.165) is 24.8 Å². The van der Waals surface area contributed by atoms with Crippen LogP contribution >= 0.6 is 0 Å². The maximum atomic E-state index is 12.2. The molecule has 0 bridgehead atoms. The average molecular weight is 269 g/mol. The van der Waals surface area contributed by atoms with E-state index in [0.29, 0.717) is 4.90 Å². The molecule has 0 unspecified atom stereocenters. The first-order valence-corrected chi connectivity index (χ1v) is 7.63. The molecule has 2 atom stereocenters. The molecule has 4 nitrogen and oxygen atoms in total. The van der Waals surface area contributed by atoms with Gasteiger partial charge >= 0.3 is 0 Å². The largest absolute Gasteiger partial charge is 0.380 e. The Labute approximate surface area is 108 Å². The number of sulfonamides is 1. The quantitative estimate of drug-likeness (QED) is 0.907. The predicted octanol–water partition coefficient (Wildman–Crippen LogP) is 1.84. The maximum Gasteiger partial charge on any atom is 0.240 e. The second-order valence-corrected chi connectivity index (χ2v) is 6.46. The molecular formula is C13H19NO3S. The highest BCUT2D eigenvalue weighted by Crippen LogP contribution is 2.23. The third kappa shape index (κ3) is 2.91. The van der Waals surface area contributed by atoms with Gasteiger partial charge in [-0.05, 0) is 38.3 Å². The zero-order valence-corrected chi connectivity index (χ0v) is 11.5. The fourth-order valence-electron chi connectivity index (χ4n) is 2.33. The summed E-state index contributed by atoms with van der Waals surface area (Å²) in [4.78, 5) is 0.315. The van der Waals surface area contributed by atoms with Crippen molar-refractivity contribution in [3.05, 3.63) is 29.8 Å². The third-order valence-electron chi connectivity index (χ3n) is 3.39. The van der Waals surface area contributed by atoms with Crippen LogP contribution in [0.3, 0.4) is 0 Å². The minimum Gasteiger partial charge on any atom is -0.380 e. The van der Waals surface area contributed by atoms with Crippen LogP contribution in [-0.4, -0.2) is 27.7 Å². The van der Waals surface area contributed by atoms with Crippen molar-refractivity contribution in [1.82, 2.24) is 4.72 Å². The van der Waals surface area contributed by atoms with Gasteiger partial charge in [0.25, 0.3) is 0 Å². The van der Waals surface area contributed by atoms with Gasteiger partial charge in [0, 0.05) is 13.2 Å². The Balaban J connectivity index is 2.14. The van der Waals surface area contributed by atoms with Gasteiger partial charge < -0.3 is 4.74 Å². The summed E-state index contributed by atoms with van der Waals surface area (Å²) in [6.45, 7) is 1.93. The third-order valence-corrected chi connectivity index (χ3v) is 4.90. The summed E-state index contributed by atoms with van der Waals surface area (Å²) >= 11 is 0. The zero-order valence-electron chi connectivity index (χ0n) is 10.7. The first-order chi connectivity index (χ1) is 8.53. The van der Waals surface area contributed by atoms with Crippen molar-refractivity contribution >= 4 is 10.0 Å². The number of rotatable bonds is 4.